The Balaban J connectivity index is 1.74. The lowest BCUT2D eigenvalue weighted by Gasteiger charge is -2.14. The molecule has 2 heterocycles. The molecule has 0 saturated carbocycles. The Bertz CT molecular complexity index is 1350. The Morgan fingerprint density at radius 1 is 1.03 bits per heavy atom. The number of fused-ring (bicyclic) bond motifs is 2. The van der Waals surface area contributed by atoms with Gasteiger partial charge in [0.05, 0.1) is 22.2 Å². The first kappa shape index (κ1) is 20.6. The summed E-state index contributed by atoms with van der Waals surface area (Å²) < 4.78 is 2.95. The predicted octanol–water partition coefficient (Wildman–Crippen LogP) is 3.95. The molecule has 4 rings (SSSR count). The minimum atomic E-state index is -0.229. The van der Waals surface area contributed by atoms with Crippen molar-refractivity contribution in [3.8, 4) is 0 Å². The van der Waals surface area contributed by atoms with Crippen molar-refractivity contribution >= 4 is 45.2 Å². The summed E-state index contributed by atoms with van der Waals surface area (Å²) in [6.45, 7) is 4.76. The van der Waals surface area contributed by atoms with Crippen LogP contribution in [0.5, 0.6) is 0 Å². The van der Waals surface area contributed by atoms with Crippen LogP contribution in [0, 0.1) is 5.92 Å². The number of halogens is 1. The van der Waals surface area contributed by atoms with Gasteiger partial charge in [0, 0.05) is 11.6 Å². The zero-order valence-corrected chi connectivity index (χ0v) is 18.2. The molecule has 0 spiro atoms. The highest BCUT2D eigenvalue weighted by Crippen LogP contribution is 2.22. The Morgan fingerprint density at radius 2 is 1.80 bits per heavy atom. The van der Waals surface area contributed by atoms with Gasteiger partial charge in [0.25, 0.3) is 11.1 Å². The molecule has 0 bridgehead atoms. The van der Waals surface area contributed by atoms with E-state index in [9.17, 15) is 9.59 Å². The SMILES string of the molecule is CC(C)CCn1c(SCn2nnc3ccccc3c2=O)nc2cc(Cl)ccc2c1=O. The van der Waals surface area contributed by atoms with E-state index in [2.05, 4.69) is 29.1 Å². The van der Waals surface area contributed by atoms with Crippen molar-refractivity contribution in [2.75, 3.05) is 0 Å². The molecule has 30 heavy (non-hydrogen) atoms. The molecule has 0 amide bonds. The van der Waals surface area contributed by atoms with Crippen LogP contribution in [-0.2, 0) is 12.4 Å². The molecule has 0 atom stereocenters. The summed E-state index contributed by atoms with van der Waals surface area (Å²) in [5.41, 5.74) is 0.744. The van der Waals surface area contributed by atoms with Crippen LogP contribution in [0.2, 0.25) is 5.02 Å². The van der Waals surface area contributed by atoms with E-state index in [-0.39, 0.29) is 17.0 Å². The van der Waals surface area contributed by atoms with Crippen molar-refractivity contribution in [1.29, 1.82) is 0 Å². The zero-order chi connectivity index (χ0) is 21.3. The van der Waals surface area contributed by atoms with Crippen molar-refractivity contribution in [2.45, 2.75) is 37.8 Å². The van der Waals surface area contributed by atoms with Crippen molar-refractivity contribution in [1.82, 2.24) is 24.5 Å². The molecule has 2 aromatic heterocycles. The fourth-order valence-electron chi connectivity index (χ4n) is 3.10. The molecule has 4 aromatic rings. The third kappa shape index (κ3) is 4.11. The number of benzene rings is 2. The third-order valence-corrected chi connectivity index (χ3v) is 5.94. The van der Waals surface area contributed by atoms with E-state index >= 15 is 0 Å². The monoisotopic (exact) mass is 441 g/mol. The maximum absolute atomic E-state index is 13.1. The minimum absolute atomic E-state index is 0.114. The average molecular weight is 442 g/mol. The van der Waals surface area contributed by atoms with E-state index in [1.165, 1.54) is 16.4 Å². The summed E-state index contributed by atoms with van der Waals surface area (Å²) in [4.78, 5) is 30.5. The van der Waals surface area contributed by atoms with E-state index in [1.54, 1.807) is 41.0 Å². The van der Waals surface area contributed by atoms with Crippen molar-refractivity contribution < 1.29 is 0 Å². The predicted molar refractivity (Wildman–Crippen MR) is 120 cm³/mol. The van der Waals surface area contributed by atoms with Crippen molar-refractivity contribution in [3.05, 3.63) is 68.2 Å². The second-order valence-electron chi connectivity index (χ2n) is 7.38. The Hall–Kier alpha value is -2.71. The van der Waals surface area contributed by atoms with Crippen LogP contribution < -0.4 is 11.1 Å². The first-order valence-corrected chi connectivity index (χ1v) is 11.0. The van der Waals surface area contributed by atoms with Crippen LogP contribution in [0.4, 0.5) is 0 Å². The second-order valence-corrected chi connectivity index (χ2v) is 8.73. The van der Waals surface area contributed by atoms with E-state index in [4.69, 9.17) is 11.6 Å². The van der Waals surface area contributed by atoms with E-state index in [1.807, 2.05) is 6.07 Å². The van der Waals surface area contributed by atoms with Crippen LogP contribution in [0.1, 0.15) is 20.3 Å². The molecule has 0 radical (unpaired) electrons. The van der Waals surface area contributed by atoms with Crippen molar-refractivity contribution in [2.24, 2.45) is 5.92 Å². The molecule has 154 valence electrons. The molecule has 7 nitrogen and oxygen atoms in total. The van der Waals surface area contributed by atoms with Gasteiger partial charge in [-0.25, -0.2) is 4.98 Å². The van der Waals surface area contributed by atoms with Gasteiger partial charge in [-0.05, 0) is 42.7 Å². The lowest BCUT2D eigenvalue weighted by Crippen LogP contribution is -2.26. The Kier molecular flexibility index (Phi) is 5.87. The number of thioether (sulfide) groups is 1. The van der Waals surface area contributed by atoms with Crippen LogP contribution in [0.15, 0.2) is 57.2 Å². The van der Waals surface area contributed by atoms with Gasteiger partial charge >= 0.3 is 0 Å². The summed E-state index contributed by atoms with van der Waals surface area (Å²) in [6, 6.07) is 12.1. The smallest absolute Gasteiger partial charge is 0.278 e. The highest BCUT2D eigenvalue weighted by Gasteiger charge is 2.14. The summed E-state index contributed by atoms with van der Waals surface area (Å²) in [5.74, 6) is 0.626. The van der Waals surface area contributed by atoms with Crippen LogP contribution in [0.25, 0.3) is 21.8 Å². The number of rotatable bonds is 6. The fourth-order valence-corrected chi connectivity index (χ4v) is 4.16. The molecule has 0 aliphatic carbocycles. The minimum Gasteiger partial charge on any atom is -0.287 e. The molecular formula is C21H20ClN5O2S. The summed E-state index contributed by atoms with van der Waals surface area (Å²) in [6.07, 6.45) is 0.837. The largest absolute Gasteiger partial charge is 0.287 e. The number of hydrogen-bond donors (Lipinski definition) is 0. The molecule has 0 aliphatic rings. The molecular weight excluding hydrogens is 422 g/mol. The quantitative estimate of drug-likeness (QED) is 0.333. The van der Waals surface area contributed by atoms with E-state index in [0.29, 0.717) is 44.4 Å². The lowest BCUT2D eigenvalue weighted by atomic mass is 10.1. The molecule has 0 saturated heterocycles. The summed E-state index contributed by atoms with van der Waals surface area (Å²) >= 11 is 7.37. The average Bonchev–Trinajstić information content (AvgIpc) is 2.72. The van der Waals surface area contributed by atoms with Gasteiger partial charge in [0.2, 0.25) is 0 Å². The highest BCUT2D eigenvalue weighted by molar-refractivity contribution is 7.98. The van der Waals surface area contributed by atoms with E-state index in [0.717, 1.165) is 6.42 Å². The van der Waals surface area contributed by atoms with Crippen LogP contribution in [-0.4, -0.2) is 24.5 Å². The second kappa shape index (κ2) is 8.57. The maximum atomic E-state index is 13.1. The lowest BCUT2D eigenvalue weighted by molar-refractivity contribution is 0.480. The molecule has 9 heteroatoms. The van der Waals surface area contributed by atoms with Crippen LogP contribution in [0.3, 0.4) is 0 Å². The topological polar surface area (TPSA) is 82.7 Å². The van der Waals surface area contributed by atoms with Gasteiger partial charge in [0.1, 0.15) is 5.52 Å². The fraction of sp³-hybridized carbons (Fsp3) is 0.286. The highest BCUT2D eigenvalue weighted by atomic mass is 35.5. The maximum Gasteiger partial charge on any atom is 0.278 e. The molecule has 0 fully saturated rings. The van der Waals surface area contributed by atoms with Gasteiger partial charge in [-0.1, -0.05) is 54.6 Å². The normalized spacial score (nSPS) is 11.6. The molecule has 2 aromatic carbocycles. The van der Waals surface area contributed by atoms with Crippen molar-refractivity contribution in [3.63, 3.8) is 0 Å². The summed E-state index contributed by atoms with van der Waals surface area (Å²) in [5, 5.41) is 10.2. The standard InChI is InChI=1S/C21H20ClN5O2S/c1-13(2)9-10-26-19(28)16-8-7-14(22)11-18(16)23-21(26)30-12-27-20(29)15-5-3-4-6-17(15)24-25-27/h3-8,11,13H,9-10,12H2,1-2H3. The molecule has 0 aliphatic heterocycles. The van der Waals surface area contributed by atoms with Gasteiger partial charge in [-0.2, -0.15) is 4.68 Å². The number of hydrogen-bond acceptors (Lipinski definition) is 6. The number of nitrogens with zero attached hydrogens (tertiary/aromatic N) is 5. The van der Waals surface area contributed by atoms with Gasteiger partial charge in [-0.15, -0.1) is 5.10 Å². The third-order valence-electron chi connectivity index (χ3n) is 4.76. The van der Waals surface area contributed by atoms with Crippen LogP contribution >= 0.6 is 23.4 Å². The van der Waals surface area contributed by atoms with E-state index < -0.39 is 0 Å². The Labute approximate surface area is 181 Å². The first-order chi connectivity index (χ1) is 14.4. The van der Waals surface area contributed by atoms with Gasteiger partial charge in [-0.3, -0.25) is 14.2 Å². The Morgan fingerprint density at radius 3 is 2.60 bits per heavy atom. The van der Waals surface area contributed by atoms with Gasteiger partial charge in [0.15, 0.2) is 5.16 Å². The number of aromatic nitrogens is 5. The zero-order valence-electron chi connectivity index (χ0n) is 16.6. The first-order valence-electron chi connectivity index (χ1n) is 9.59. The molecule has 0 N–H and O–H groups in total. The van der Waals surface area contributed by atoms with Gasteiger partial charge < -0.3 is 0 Å². The molecule has 0 unspecified atom stereocenters. The summed E-state index contributed by atoms with van der Waals surface area (Å²) in [7, 11) is 0.